The van der Waals surface area contributed by atoms with Crippen LogP contribution in [0.15, 0.2) is 103 Å². The van der Waals surface area contributed by atoms with Crippen LogP contribution in [0.3, 0.4) is 0 Å². The second-order valence-corrected chi connectivity index (χ2v) is 12.8. The van der Waals surface area contributed by atoms with Crippen LogP contribution in [0.25, 0.3) is 11.3 Å². The van der Waals surface area contributed by atoms with Crippen LogP contribution in [0.1, 0.15) is 55.6 Å². The van der Waals surface area contributed by atoms with Crippen LogP contribution in [0, 0.1) is 6.92 Å². The van der Waals surface area contributed by atoms with Gasteiger partial charge in [-0.15, -0.1) is 0 Å². The van der Waals surface area contributed by atoms with Gasteiger partial charge in [-0.2, -0.15) is 0 Å². The van der Waals surface area contributed by atoms with Gasteiger partial charge in [0.15, 0.2) is 0 Å². The van der Waals surface area contributed by atoms with Crippen LogP contribution in [0.2, 0.25) is 0 Å². The molecule has 5 aromatic rings. The van der Waals surface area contributed by atoms with E-state index in [1.165, 1.54) is 22.3 Å². The molecule has 0 saturated heterocycles. The van der Waals surface area contributed by atoms with Gasteiger partial charge in [0.2, 0.25) is 0 Å². The van der Waals surface area contributed by atoms with E-state index in [2.05, 4.69) is 59.8 Å². The third kappa shape index (κ3) is 5.33. The standard InChI is InChI=1S/C40H40N4O2/c1-27-21-29-13-11-12-14-31(29)26-43(27)39(45)37-23-32-25-41(3)20-19-30(32)22-36(37)38-24-35(28(2)42(38)4)40(46)44(33-15-7-5-8-16-33)34-17-9-6-10-18-34/h5-18,22-24,27H,19-21,25-26H2,1-4H3/t27-/m1/s1. The highest BCUT2D eigenvalue weighted by molar-refractivity contribution is 6.12. The van der Waals surface area contributed by atoms with Crippen molar-refractivity contribution in [2.45, 2.75) is 45.8 Å². The SMILES string of the molecule is Cc1c(C(=O)N(c2ccccc2)c2ccccc2)cc(-c2cc3c(cc2C(=O)N2Cc4ccccc4C[C@H]2C)CN(C)CC3)n1C. The molecular formula is C40H40N4O2. The van der Waals surface area contributed by atoms with E-state index in [0.29, 0.717) is 17.7 Å². The topological polar surface area (TPSA) is 48.8 Å². The lowest BCUT2D eigenvalue weighted by atomic mass is 9.90. The van der Waals surface area contributed by atoms with Crippen LogP contribution in [-0.4, -0.2) is 45.8 Å². The van der Waals surface area contributed by atoms with E-state index in [9.17, 15) is 9.59 Å². The molecule has 6 heteroatoms. The Hall–Kier alpha value is -4.94. The van der Waals surface area contributed by atoms with Gasteiger partial charge >= 0.3 is 0 Å². The third-order valence-corrected chi connectivity index (χ3v) is 9.81. The minimum Gasteiger partial charge on any atom is -0.347 e. The van der Waals surface area contributed by atoms with Crippen molar-refractivity contribution in [3.05, 3.63) is 142 Å². The second kappa shape index (κ2) is 12.1. The van der Waals surface area contributed by atoms with Crippen molar-refractivity contribution in [3.8, 4) is 11.3 Å². The molecule has 0 aliphatic carbocycles. The Kier molecular flexibility index (Phi) is 7.83. The number of hydrogen-bond donors (Lipinski definition) is 0. The van der Waals surface area contributed by atoms with Crippen molar-refractivity contribution < 1.29 is 9.59 Å². The van der Waals surface area contributed by atoms with Crippen molar-refractivity contribution in [2.75, 3.05) is 18.5 Å². The molecular weight excluding hydrogens is 568 g/mol. The Morgan fingerprint density at radius 1 is 0.717 bits per heavy atom. The first-order valence-electron chi connectivity index (χ1n) is 16.1. The van der Waals surface area contributed by atoms with Crippen LogP contribution in [-0.2, 0) is 33.0 Å². The number of carbonyl (C=O) groups is 2. The molecule has 232 valence electrons. The van der Waals surface area contributed by atoms with E-state index < -0.39 is 0 Å². The molecule has 6 nitrogen and oxygen atoms in total. The lowest BCUT2D eigenvalue weighted by Crippen LogP contribution is -2.43. The van der Waals surface area contributed by atoms with Crippen molar-refractivity contribution >= 4 is 23.2 Å². The number of anilines is 2. The summed E-state index contributed by atoms with van der Waals surface area (Å²) >= 11 is 0. The Morgan fingerprint density at radius 3 is 2.02 bits per heavy atom. The first kappa shape index (κ1) is 29.8. The average Bonchev–Trinajstić information content (AvgIpc) is 3.37. The first-order chi connectivity index (χ1) is 22.3. The zero-order valence-corrected chi connectivity index (χ0v) is 27.0. The predicted molar refractivity (Wildman–Crippen MR) is 184 cm³/mol. The third-order valence-electron chi connectivity index (χ3n) is 9.81. The number of amides is 2. The number of benzene rings is 4. The molecule has 2 aliphatic rings. The van der Waals surface area contributed by atoms with Gasteiger partial charge in [-0.3, -0.25) is 14.5 Å². The van der Waals surface area contributed by atoms with Gasteiger partial charge in [0.05, 0.1) is 5.56 Å². The maximum absolute atomic E-state index is 14.6. The summed E-state index contributed by atoms with van der Waals surface area (Å²) in [5.41, 5.74) is 10.5. The molecule has 0 bridgehead atoms. The second-order valence-electron chi connectivity index (χ2n) is 12.8. The molecule has 2 amide bonds. The quantitative estimate of drug-likeness (QED) is 0.207. The van der Waals surface area contributed by atoms with Crippen LogP contribution in [0.4, 0.5) is 11.4 Å². The first-order valence-corrected chi connectivity index (χ1v) is 16.1. The van der Waals surface area contributed by atoms with Crippen LogP contribution >= 0.6 is 0 Å². The molecule has 0 fully saturated rings. The van der Waals surface area contributed by atoms with E-state index in [0.717, 1.165) is 54.3 Å². The molecule has 7 rings (SSSR count). The van der Waals surface area contributed by atoms with E-state index in [4.69, 9.17) is 0 Å². The minimum absolute atomic E-state index is 0.0370. The molecule has 0 N–H and O–H groups in total. The maximum atomic E-state index is 14.6. The van der Waals surface area contributed by atoms with Gasteiger partial charge in [-0.1, -0.05) is 60.7 Å². The predicted octanol–water partition coefficient (Wildman–Crippen LogP) is 7.55. The summed E-state index contributed by atoms with van der Waals surface area (Å²) in [5, 5.41) is 0. The fraction of sp³-hybridized carbons (Fsp3) is 0.250. The molecule has 1 aromatic heterocycles. The molecule has 0 unspecified atom stereocenters. The maximum Gasteiger partial charge on any atom is 0.264 e. The highest BCUT2D eigenvalue weighted by Gasteiger charge is 2.32. The molecule has 0 radical (unpaired) electrons. The fourth-order valence-corrected chi connectivity index (χ4v) is 7.08. The summed E-state index contributed by atoms with van der Waals surface area (Å²) < 4.78 is 2.07. The number of fused-ring (bicyclic) bond motifs is 2. The molecule has 3 heterocycles. The number of nitrogens with zero attached hydrogens (tertiary/aromatic N) is 4. The van der Waals surface area contributed by atoms with Gasteiger partial charge < -0.3 is 14.4 Å². The fourth-order valence-electron chi connectivity index (χ4n) is 7.08. The van der Waals surface area contributed by atoms with Crippen LogP contribution < -0.4 is 4.90 Å². The summed E-state index contributed by atoms with van der Waals surface area (Å²) in [6.45, 7) is 6.51. The van der Waals surface area contributed by atoms with Crippen molar-refractivity contribution in [1.29, 1.82) is 0 Å². The number of aromatic nitrogens is 1. The van der Waals surface area contributed by atoms with Crippen molar-refractivity contribution in [3.63, 3.8) is 0 Å². The molecule has 46 heavy (non-hydrogen) atoms. The van der Waals surface area contributed by atoms with E-state index in [1.807, 2.05) is 85.6 Å². The summed E-state index contributed by atoms with van der Waals surface area (Å²) in [6.07, 6.45) is 1.76. The molecule has 1 atom stereocenters. The highest BCUT2D eigenvalue weighted by atomic mass is 16.2. The van der Waals surface area contributed by atoms with Gasteiger partial charge in [-0.25, -0.2) is 0 Å². The summed E-state index contributed by atoms with van der Waals surface area (Å²) in [7, 11) is 4.13. The molecule has 2 aliphatic heterocycles. The number of carbonyl (C=O) groups excluding carboxylic acids is 2. The normalized spacial score (nSPS) is 16.1. The lowest BCUT2D eigenvalue weighted by molar-refractivity contribution is 0.0658. The summed E-state index contributed by atoms with van der Waals surface area (Å²) in [5.74, 6) is -0.0690. The van der Waals surface area contributed by atoms with Gasteiger partial charge in [-0.05, 0) is 98.5 Å². The van der Waals surface area contributed by atoms with E-state index in [1.54, 1.807) is 4.90 Å². The van der Waals surface area contributed by atoms with Gasteiger partial charge in [0.25, 0.3) is 11.8 Å². The van der Waals surface area contributed by atoms with Gasteiger partial charge in [0, 0.05) is 66.6 Å². The summed E-state index contributed by atoms with van der Waals surface area (Å²) in [6, 6.07) is 34.4. The smallest absolute Gasteiger partial charge is 0.264 e. The Morgan fingerprint density at radius 2 is 1.35 bits per heavy atom. The largest absolute Gasteiger partial charge is 0.347 e. The van der Waals surface area contributed by atoms with E-state index in [-0.39, 0.29) is 17.9 Å². The summed E-state index contributed by atoms with van der Waals surface area (Å²) in [4.78, 5) is 35.2. The highest BCUT2D eigenvalue weighted by Crippen LogP contribution is 2.36. The van der Waals surface area contributed by atoms with Crippen LogP contribution in [0.5, 0.6) is 0 Å². The zero-order valence-electron chi connectivity index (χ0n) is 27.0. The average molecular weight is 609 g/mol. The Bertz CT molecular complexity index is 1890. The Labute approximate surface area is 271 Å². The Balaban J connectivity index is 1.34. The van der Waals surface area contributed by atoms with Crippen molar-refractivity contribution in [1.82, 2.24) is 14.4 Å². The number of rotatable bonds is 5. The number of para-hydroxylation sites is 2. The van der Waals surface area contributed by atoms with Gasteiger partial charge in [0.1, 0.15) is 0 Å². The molecule has 4 aromatic carbocycles. The monoisotopic (exact) mass is 608 g/mol. The number of likely N-dealkylation sites (N-methyl/N-ethyl adjacent to an activating group) is 1. The van der Waals surface area contributed by atoms with E-state index >= 15 is 0 Å². The van der Waals surface area contributed by atoms with Crippen molar-refractivity contribution in [2.24, 2.45) is 7.05 Å². The minimum atomic E-state index is -0.106. The number of hydrogen-bond acceptors (Lipinski definition) is 3. The molecule has 0 saturated carbocycles. The zero-order chi connectivity index (χ0) is 31.9. The lowest BCUT2D eigenvalue weighted by Gasteiger charge is -2.36. The molecule has 0 spiro atoms.